The summed E-state index contributed by atoms with van der Waals surface area (Å²) in [6.45, 7) is 0. The molecule has 2 aromatic rings. The zero-order chi connectivity index (χ0) is 15.5. The Morgan fingerprint density at radius 2 is 1.81 bits per heavy atom. The SMILES string of the molecule is O=C(Nc1ccccn1)S(=O)(=O)c1ccc([N+](=O)[O-])cc1. The monoisotopic (exact) mass is 307 g/mol. The zero-order valence-electron chi connectivity index (χ0n) is 10.5. The summed E-state index contributed by atoms with van der Waals surface area (Å²) in [4.78, 5) is 25.1. The highest BCUT2D eigenvalue weighted by Crippen LogP contribution is 2.18. The van der Waals surface area contributed by atoms with E-state index in [1.165, 1.54) is 12.3 Å². The van der Waals surface area contributed by atoms with Crippen LogP contribution in [0.25, 0.3) is 0 Å². The quantitative estimate of drug-likeness (QED) is 0.684. The molecule has 1 aromatic carbocycles. The van der Waals surface area contributed by atoms with Gasteiger partial charge in [-0.2, -0.15) is 0 Å². The molecular formula is C12H9N3O5S. The second-order valence-electron chi connectivity index (χ2n) is 3.88. The highest BCUT2D eigenvalue weighted by molar-refractivity contribution is 8.06. The van der Waals surface area contributed by atoms with Gasteiger partial charge in [-0.3, -0.25) is 20.2 Å². The third-order valence-corrected chi connectivity index (χ3v) is 3.98. The molecule has 0 unspecified atom stereocenters. The lowest BCUT2D eigenvalue weighted by atomic mass is 10.3. The van der Waals surface area contributed by atoms with Gasteiger partial charge in [0.15, 0.2) is 0 Å². The van der Waals surface area contributed by atoms with Gasteiger partial charge in [-0.05, 0) is 24.3 Å². The molecule has 1 aromatic heterocycles. The Balaban J connectivity index is 2.25. The molecule has 0 aliphatic rings. The summed E-state index contributed by atoms with van der Waals surface area (Å²) in [6.07, 6.45) is 1.40. The molecule has 0 aliphatic heterocycles. The molecule has 0 fully saturated rings. The van der Waals surface area contributed by atoms with Crippen molar-refractivity contribution in [1.29, 1.82) is 0 Å². The van der Waals surface area contributed by atoms with Gasteiger partial charge in [0.1, 0.15) is 5.82 Å². The van der Waals surface area contributed by atoms with Crippen molar-refractivity contribution in [2.24, 2.45) is 0 Å². The molecule has 0 saturated carbocycles. The van der Waals surface area contributed by atoms with Crippen molar-refractivity contribution in [2.75, 3.05) is 5.32 Å². The third-order valence-electron chi connectivity index (χ3n) is 2.50. The van der Waals surface area contributed by atoms with E-state index in [0.29, 0.717) is 0 Å². The normalized spacial score (nSPS) is 10.9. The smallest absolute Gasteiger partial charge is 0.297 e. The number of nitrogens with zero attached hydrogens (tertiary/aromatic N) is 2. The molecular weight excluding hydrogens is 298 g/mol. The van der Waals surface area contributed by atoms with Crippen LogP contribution in [0.5, 0.6) is 0 Å². The van der Waals surface area contributed by atoms with Gasteiger partial charge in [0.05, 0.1) is 9.82 Å². The zero-order valence-corrected chi connectivity index (χ0v) is 11.3. The fourth-order valence-electron chi connectivity index (χ4n) is 1.46. The number of aromatic nitrogens is 1. The van der Waals surface area contributed by atoms with Crippen LogP contribution in [-0.2, 0) is 9.84 Å². The van der Waals surface area contributed by atoms with Crippen LogP contribution in [0.1, 0.15) is 0 Å². The summed E-state index contributed by atoms with van der Waals surface area (Å²) in [5.41, 5.74) is -0.265. The van der Waals surface area contributed by atoms with Crippen LogP contribution >= 0.6 is 0 Å². The number of hydrogen-bond donors (Lipinski definition) is 1. The van der Waals surface area contributed by atoms with Crippen molar-refractivity contribution in [3.8, 4) is 0 Å². The second kappa shape index (κ2) is 5.67. The van der Waals surface area contributed by atoms with Crippen LogP contribution in [0.4, 0.5) is 16.3 Å². The van der Waals surface area contributed by atoms with E-state index in [0.717, 1.165) is 24.3 Å². The summed E-state index contributed by atoms with van der Waals surface area (Å²) >= 11 is 0. The van der Waals surface area contributed by atoms with E-state index in [2.05, 4.69) is 10.3 Å². The minimum atomic E-state index is -4.29. The molecule has 8 nitrogen and oxygen atoms in total. The average Bonchev–Trinajstić information content (AvgIpc) is 2.48. The maximum Gasteiger partial charge on any atom is 0.346 e. The maximum atomic E-state index is 12.0. The molecule has 0 saturated heterocycles. The van der Waals surface area contributed by atoms with Gasteiger partial charge in [0.2, 0.25) is 0 Å². The lowest BCUT2D eigenvalue weighted by molar-refractivity contribution is -0.384. The Kier molecular flexibility index (Phi) is 3.94. The van der Waals surface area contributed by atoms with E-state index in [1.54, 1.807) is 12.1 Å². The Hall–Kier alpha value is -2.81. The van der Waals surface area contributed by atoms with E-state index in [1.807, 2.05) is 0 Å². The number of nitro benzene ring substituents is 1. The van der Waals surface area contributed by atoms with Crippen LogP contribution in [0, 0.1) is 10.1 Å². The van der Waals surface area contributed by atoms with Gasteiger partial charge in [0, 0.05) is 18.3 Å². The van der Waals surface area contributed by atoms with Crippen molar-refractivity contribution in [3.05, 3.63) is 58.8 Å². The fraction of sp³-hybridized carbons (Fsp3) is 0. The average molecular weight is 307 g/mol. The Morgan fingerprint density at radius 1 is 1.14 bits per heavy atom. The summed E-state index contributed by atoms with van der Waals surface area (Å²) in [7, 11) is -4.29. The number of non-ortho nitro benzene ring substituents is 1. The predicted octanol–water partition coefficient (Wildman–Crippen LogP) is 2.00. The number of pyridine rings is 1. The molecule has 0 aliphatic carbocycles. The number of rotatable bonds is 3. The van der Waals surface area contributed by atoms with Crippen LogP contribution in [0.3, 0.4) is 0 Å². The van der Waals surface area contributed by atoms with E-state index >= 15 is 0 Å². The number of nitrogens with one attached hydrogen (secondary N) is 1. The first-order chi connectivity index (χ1) is 9.91. The number of anilines is 1. The van der Waals surface area contributed by atoms with Gasteiger partial charge in [-0.25, -0.2) is 13.4 Å². The Morgan fingerprint density at radius 3 is 2.33 bits per heavy atom. The first-order valence-electron chi connectivity index (χ1n) is 5.63. The van der Waals surface area contributed by atoms with E-state index in [9.17, 15) is 23.3 Å². The third kappa shape index (κ3) is 3.20. The summed E-state index contributed by atoms with van der Waals surface area (Å²) in [5.74, 6) is 0.0907. The van der Waals surface area contributed by atoms with Gasteiger partial charge < -0.3 is 0 Å². The number of amides is 1. The number of carbonyl (C=O) groups excluding carboxylic acids is 1. The van der Waals surface area contributed by atoms with Crippen LogP contribution in [0.15, 0.2) is 53.6 Å². The lowest BCUT2D eigenvalue weighted by Crippen LogP contribution is -2.22. The molecule has 21 heavy (non-hydrogen) atoms. The number of benzene rings is 1. The molecule has 108 valence electrons. The fourth-order valence-corrected chi connectivity index (χ4v) is 2.41. The first-order valence-corrected chi connectivity index (χ1v) is 7.11. The minimum Gasteiger partial charge on any atom is -0.297 e. The van der Waals surface area contributed by atoms with Gasteiger partial charge in [0.25, 0.3) is 15.5 Å². The molecule has 0 spiro atoms. The molecule has 0 bridgehead atoms. The number of carbonyl (C=O) groups is 1. The van der Waals surface area contributed by atoms with Crippen molar-refractivity contribution >= 4 is 26.6 Å². The van der Waals surface area contributed by atoms with E-state index < -0.39 is 20.0 Å². The predicted molar refractivity (Wildman–Crippen MR) is 73.5 cm³/mol. The summed E-state index contributed by atoms with van der Waals surface area (Å²) in [5, 5.41) is 11.4. The first kappa shape index (κ1) is 14.6. The molecule has 0 atom stereocenters. The number of nitro groups is 1. The highest BCUT2D eigenvalue weighted by atomic mass is 32.2. The molecule has 1 amide bonds. The van der Waals surface area contributed by atoms with Gasteiger partial charge in [-0.15, -0.1) is 0 Å². The Bertz CT molecular complexity index is 772. The molecule has 9 heteroatoms. The molecule has 1 heterocycles. The van der Waals surface area contributed by atoms with E-state index in [-0.39, 0.29) is 16.4 Å². The topological polar surface area (TPSA) is 119 Å². The van der Waals surface area contributed by atoms with Crippen LogP contribution in [-0.4, -0.2) is 23.6 Å². The maximum absolute atomic E-state index is 12.0. The second-order valence-corrected chi connectivity index (χ2v) is 5.73. The largest absolute Gasteiger partial charge is 0.346 e. The summed E-state index contributed by atoms with van der Waals surface area (Å²) in [6, 6.07) is 8.67. The van der Waals surface area contributed by atoms with Gasteiger partial charge in [-0.1, -0.05) is 6.07 Å². The van der Waals surface area contributed by atoms with Crippen molar-refractivity contribution < 1.29 is 18.1 Å². The number of hydrogen-bond acceptors (Lipinski definition) is 6. The molecule has 1 N–H and O–H groups in total. The van der Waals surface area contributed by atoms with Crippen LogP contribution in [0.2, 0.25) is 0 Å². The van der Waals surface area contributed by atoms with Gasteiger partial charge >= 0.3 is 5.24 Å². The van der Waals surface area contributed by atoms with Crippen molar-refractivity contribution in [1.82, 2.24) is 4.98 Å². The molecule has 0 radical (unpaired) electrons. The lowest BCUT2D eigenvalue weighted by Gasteiger charge is -2.05. The highest BCUT2D eigenvalue weighted by Gasteiger charge is 2.25. The minimum absolute atomic E-state index is 0.0907. The summed E-state index contributed by atoms with van der Waals surface area (Å²) < 4.78 is 24.0. The van der Waals surface area contributed by atoms with Crippen molar-refractivity contribution in [2.45, 2.75) is 4.90 Å². The van der Waals surface area contributed by atoms with Crippen LogP contribution < -0.4 is 5.32 Å². The Labute approximate surface area is 119 Å². The standard InChI is InChI=1S/C12H9N3O5S/c16-12(14-11-3-1-2-8-13-11)21(19,20)10-6-4-9(5-7-10)15(17)18/h1-8H,(H,13,14,16). The molecule has 2 rings (SSSR count). The number of sulfone groups is 1. The van der Waals surface area contributed by atoms with E-state index in [4.69, 9.17) is 0 Å². The van der Waals surface area contributed by atoms with Crippen molar-refractivity contribution in [3.63, 3.8) is 0 Å².